The number of imidazole rings is 1. The summed E-state index contributed by atoms with van der Waals surface area (Å²) in [7, 11) is 0. The van der Waals surface area contributed by atoms with Crippen LogP contribution < -0.4 is 0 Å². The third-order valence-electron chi connectivity index (χ3n) is 4.01. The third kappa shape index (κ3) is 2.19. The Morgan fingerprint density at radius 3 is 2.71 bits per heavy atom. The molecule has 4 rings (SSSR count). The van der Waals surface area contributed by atoms with Gasteiger partial charge in [-0.2, -0.15) is 0 Å². The van der Waals surface area contributed by atoms with Crippen LogP contribution in [0.15, 0.2) is 23.2 Å². The molecular weight excluding hydrogens is 318 g/mol. The van der Waals surface area contributed by atoms with Gasteiger partial charge in [0, 0.05) is 6.07 Å². The maximum absolute atomic E-state index is 10.2. The van der Waals surface area contributed by atoms with E-state index in [1.807, 2.05) is 0 Å². The van der Waals surface area contributed by atoms with Crippen molar-refractivity contribution in [3.8, 4) is 11.5 Å². The van der Waals surface area contributed by atoms with Gasteiger partial charge >= 0.3 is 0 Å². The summed E-state index contributed by atoms with van der Waals surface area (Å²) in [6.07, 6.45) is -1.43. The van der Waals surface area contributed by atoms with E-state index in [2.05, 4.69) is 20.1 Å². The fourth-order valence-electron chi connectivity index (χ4n) is 2.80. The van der Waals surface area contributed by atoms with Gasteiger partial charge in [0.1, 0.15) is 35.8 Å². The zero-order chi connectivity index (χ0) is 16.8. The number of aromatic nitrogens is 5. The molecule has 4 heterocycles. The number of aliphatic hydroxyl groups excluding tert-OH is 3. The molecule has 0 spiro atoms. The Kier molecular flexibility index (Phi) is 3.53. The molecule has 0 amide bonds. The topological polar surface area (TPSA) is 140 Å². The SMILES string of the molecule is Cc1cc(-c2ncnc3c2ncn3C2O[C@H](CO)[C@@H](O)[C@H]2O)on1. The number of hydrogen-bond donors (Lipinski definition) is 3. The first-order chi connectivity index (χ1) is 11.6. The molecule has 0 aliphatic carbocycles. The molecule has 1 unspecified atom stereocenters. The Morgan fingerprint density at radius 2 is 2.04 bits per heavy atom. The van der Waals surface area contributed by atoms with Crippen LogP contribution in [0.3, 0.4) is 0 Å². The van der Waals surface area contributed by atoms with E-state index in [4.69, 9.17) is 9.26 Å². The summed E-state index contributed by atoms with van der Waals surface area (Å²) < 4.78 is 12.2. The van der Waals surface area contributed by atoms with Gasteiger partial charge in [0.05, 0.1) is 18.6 Å². The number of rotatable bonds is 3. The van der Waals surface area contributed by atoms with Crippen LogP contribution in [0.5, 0.6) is 0 Å². The van der Waals surface area contributed by atoms with Gasteiger partial charge < -0.3 is 24.6 Å². The Labute approximate surface area is 135 Å². The Morgan fingerprint density at radius 1 is 1.21 bits per heavy atom. The van der Waals surface area contributed by atoms with Crippen molar-refractivity contribution in [1.29, 1.82) is 0 Å². The van der Waals surface area contributed by atoms with Gasteiger partial charge in [-0.3, -0.25) is 4.57 Å². The summed E-state index contributed by atoms with van der Waals surface area (Å²) in [5, 5.41) is 33.1. The highest BCUT2D eigenvalue weighted by molar-refractivity contribution is 5.85. The van der Waals surface area contributed by atoms with E-state index in [1.165, 1.54) is 17.2 Å². The summed E-state index contributed by atoms with van der Waals surface area (Å²) in [5.74, 6) is 0.450. The van der Waals surface area contributed by atoms with E-state index in [-0.39, 0.29) is 0 Å². The number of ether oxygens (including phenoxy) is 1. The fraction of sp³-hybridized carbons (Fsp3) is 0.429. The quantitative estimate of drug-likeness (QED) is 0.573. The monoisotopic (exact) mass is 333 g/mol. The maximum atomic E-state index is 10.2. The van der Waals surface area contributed by atoms with Gasteiger partial charge in [-0.05, 0) is 6.92 Å². The second-order valence-corrected chi connectivity index (χ2v) is 5.61. The van der Waals surface area contributed by atoms with Gasteiger partial charge in [0.15, 0.2) is 17.6 Å². The number of aliphatic hydroxyl groups is 3. The molecule has 3 aromatic rings. The maximum Gasteiger partial charge on any atom is 0.187 e. The van der Waals surface area contributed by atoms with E-state index >= 15 is 0 Å². The first kappa shape index (κ1) is 15.1. The van der Waals surface area contributed by atoms with E-state index in [0.717, 1.165) is 0 Å². The van der Waals surface area contributed by atoms with Crippen LogP contribution in [0.1, 0.15) is 11.9 Å². The predicted octanol–water partition coefficient (Wildman–Crippen LogP) is -0.599. The molecule has 0 aromatic carbocycles. The lowest BCUT2D eigenvalue weighted by atomic mass is 10.1. The molecule has 10 heteroatoms. The summed E-state index contributed by atoms with van der Waals surface area (Å²) in [6, 6.07) is 1.73. The molecule has 3 N–H and O–H groups in total. The Hall–Kier alpha value is -2.40. The minimum absolute atomic E-state index is 0.404. The highest BCUT2D eigenvalue weighted by atomic mass is 16.6. The van der Waals surface area contributed by atoms with Gasteiger partial charge in [-0.25, -0.2) is 15.0 Å². The first-order valence-electron chi connectivity index (χ1n) is 7.34. The van der Waals surface area contributed by atoms with Crippen molar-refractivity contribution >= 4 is 11.2 Å². The lowest BCUT2D eigenvalue weighted by Crippen LogP contribution is -2.33. The van der Waals surface area contributed by atoms with Crippen molar-refractivity contribution < 1.29 is 24.6 Å². The number of fused-ring (bicyclic) bond motifs is 1. The average molecular weight is 333 g/mol. The van der Waals surface area contributed by atoms with E-state index in [9.17, 15) is 15.3 Å². The van der Waals surface area contributed by atoms with Crippen molar-refractivity contribution in [2.45, 2.75) is 31.5 Å². The van der Waals surface area contributed by atoms with E-state index in [0.29, 0.717) is 28.3 Å². The molecular formula is C14H15N5O5. The minimum Gasteiger partial charge on any atom is -0.394 e. The van der Waals surface area contributed by atoms with Crippen LogP contribution in [-0.2, 0) is 4.74 Å². The van der Waals surface area contributed by atoms with Crippen LogP contribution in [0.2, 0.25) is 0 Å². The molecule has 126 valence electrons. The van der Waals surface area contributed by atoms with Crippen molar-refractivity contribution in [2.24, 2.45) is 0 Å². The standard InChI is InChI=1S/C14H15N5O5/c1-6-2-7(24-18-6)9-10-13(16-4-15-9)19(5-17-10)14-12(22)11(21)8(3-20)23-14/h2,4-5,8,11-12,14,20-22H,3H2,1H3/t8-,11-,12-,14?/m1/s1. The number of aryl methyl sites for hydroxylation is 1. The normalized spacial score (nSPS) is 27.2. The summed E-state index contributed by atoms with van der Waals surface area (Å²) in [4.78, 5) is 12.6. The zero-order valence-corrected chi connectivity index (χ0v) is 12.6. The molecule has 4 atom stereocenters. The lowest BCUT2D eigenvalue weighted by molar-refractivity contribution is -0.0511. The summed E-state index contributed by atoms with van der Waals surface area (Å²) >= 11 is 0. The molecule has 1 aliphatic rings. The van der Waals surface area contributed by atoms with Gasteiger partial charge in [0.25, 0.3) is 0 Å². The lowest BCUT2D eigenvalue weighted by Gasteiger charge is -2.16. The molecule has 0 bridgehead atoms. The molecule has 3 aromatic heterocycles. The van der Waals surface area contributed by atoms with Gasteiger partial charge in [0.2, 0.25) is 0 Å². The van der Waals surface area contributed by atoms with E-state index < -0.39 is 31.1 Å². The molecule has 1 saturated heterocycles. The largest absolute Gasteiger partial charge is 0.394 e. The molecule has 24 heavy (non-hydrogen) atoms. The van der Waals surface area contributed by atoms with E-state index in [1.54, 1.807) is 13.0 Å². The summed E-state index contributed by atoms with van der Waals surface area (Å²) in [6.45, 7) is 1.39. The second-order valence-electron chi connectivity index (χ2n) is 5.61. The van der Waals surface area contributed by atoms with Crippen LogP contribution in [0.4, 0.5) is 0 Å². The van der Waals surface area contributed by atoms with Crippen LogP contribution in [0, 0.1) is 6.92 Å². The zero-order valence-electron chi connectivity index (χ0n) is 12.6. The van der Waals surface area contributed by atoms with Gasteiger partial charge in [-0.1, -0.05) is 5.16 Å². The average Bonchev–Trinajstić information content (AvgIpc) is 3.27. The minimum atomic E-state index is -1.22. The van der Waals surface area contributed by atoms with Crippen molar-refractivity contribution in [2.75, 3.05) is 6.61 Å². The smallest absolute Gasteiger partial charge is 0.187 e. The predicted molar refractivity (Wildman–Crippen MR) is 78.6 cm³/mol. The van der Waals surface area contributed by atoms with Crippen molar-refractivity contribution in [3.05, 3.63) is 24.4 Å². The molecule has 0 saturated carbocycles. The van der Waals surface area contributed by atoms with Crippen LogP contribution >= 0.6 is 0 Å². The molecule has 10 nitrogen and oxygen atoms in total. The first-order valence-corrected chi connectivity index (χ1v) is 7.34. The summed E-state index contributed by atoms with van der Waals surface area (Å²) in [5.41, 5.74) is 2.03. The Balaban J connectivity index is 1.79. The van der Waals surface area contributed by atoms with Gasteiger partial charge in [-0.15, -0.1) is 0 Å². The van der Waals surface area contributed by atoms with Crippen LogP contribution in [-0.4, -0.2) is 64.9 Å². The Bertz CT molecular complexity index is 877. The highest BCUT2D eigenvalue weighted by Gasteiger charge is 2.44. The molecule has 1 aliphatic heterocycles. The van der Waals surface area contributed by atoms with Crippen LogP contribution in [0.25, 0.3) is 22.6 Å². The number of hydrogen-bond acceptors (Lipinski definition) is 9. The van der Waals surface area contributed by atoms with Crippen molar-refractivity contribution in [3.63, 3.8) is 0 Å². The second kappa shape index (κ2) is 5.60. The highest BCUT2D eigenvalue weighted by Crippen LogP contribution is 2.33. The molecule has 1 fully saturated rings. The fourth-order valence-corrected chi connectivity index (χ4v) is 2.80. The third-order valence-corrected chi connectivity index (χ3v) is 4.01. The molecule has 0 radical (unpaired) electrons. The van der Waals surface area contributed by atoms with Crippen molar-refractivity contribution in [1.82, 2.24) is 24.7 Å². The number of nitrogens with zero attached hydrogens (tertiary/aromatic N) is 5.